The summed E-state index contributed by atoms with van der Waals surface area (Å²) in [6, 6.07) is 33.2. The zero-order valence-electron chi connectivity index (χ0n) is 28.8. The molecule has 2 aliphatic heterocycles. The number of fused-ring (bicyclic) bond motifs is 4. The van der Waals surface area contributed by atoms with Gasteiger partial charge in [0.25, 0.3) is 0 Å². The summed E-state index contributed by atoms with van der Waals surface area (Å²) in [5, 5.41) is 4.80. The van der Waals surface area contributed by atoms with E-state index in [1.165, 1.54) is 39.3 Å². The molecule has 0 spiro atoms. The van der Waals surface area contributed by atoms with E-state index in [2.05, 4.69) is 49.4 Å². The van der Waals surface area contributed by atoms with Crippen molar-refractivity contribution in [3.8, 4) is 22.8 Å². The van der Waals surface area contributed by atoms with Crippen molar-refractivity contribution >= 4 is 41.4 Å². The number of H-pyrrole nitrogens is 2. The number of Topliss-reactive ketones (excluding diaryl/α,β-unsaturated/α-hetero) is 1. The summed E-state index contributed by atoms with van der Waals surface area (Å²) in [4.78, 5) is 29.8. The number of hydrogen-bond donors (Lipinski definition) is 3. The van der Waals surface area contributed by atoms with E-state index < -0.39 is 0 Å². The first-order valence-electron chi connectivity index (χ1n) is 17.7. The third-order valence-corrected chi connectivity index (χ3v) is 10.9. The molecule has 2 aliphatic carbocycles. The Morgan fingerprint density at radius 2 is 1.13 bits per heavy atom. The van der Waals surface area contributed by atoms with E-state index in [4.69, 9.17) is 28.2 Å². The second-order valence-electron chi connectivity index (χ2n) is 13.6. The molecule has 53 heavy (non-hydrogen) atoms. The van der Waals surface area contributed by atoms with Crippen molar-refractivity contribution < 1.29 is 4.79 Å². The molecule has 0 fully saturated rings. The van der Waals surface area contributed by atoms with Crippen molar-refractivity contribution in [1.29, 1.82) is 0 Å². The Morgan fingerprint density at radius 1 is 0.642 bits per heavy atom. The Bertz CT molecular complexity index is 2120. The van der Waals surface area contributed by atoms with Crippen molar-refractivity contribution in [2.24, 2.45) is 0 Å². The predicted octanol–water partition coefficient (Wildman–Crippen LogP) is 9.04. The molecular weight excluding hydrogens is 723 g/mol. The molecule has 0 saturated heterocycles. The Kier molecular flexibility index (Phi) is 12.5. The maximum absolute atomic E-state index is 10.9. The SMILES string of the molecule is C.Cl.Clc1ccccc1-c1nc2c([nH]1)CN(C1Cc3ccccc3C1)CC2.Clc1ccccc1-c1nc2c([nH]1)CNCC2.O=C1Cc2ccccc2C1. The van der Waals surface area contributed by atoms with Gasteiger partial charge in [0.15, 0.2) is 0 Å². The normalized spacial score (nSPS) is 15.6. The molecule has 4 aromatic carbocycles. The minimum absolute atomic E-state index is 0. The Labute approximate surface area is 328 Å². The number of hydrogen-bond acceptors (Lipinski definition) is 5. The minimum atomic E-state index is 0. The molecular formula is C43H45Cl3N6O. The maximum Gasteiger partial charge on any atom is 0.141 e. The lowest BCUT2D eigenvalue weighted by molar-refractivity contribution is -0.117. The summed E-state index contributed by atoms with van der Waals surface area (Å²) in [5.74, 6) is 2.12. The van der Waals surface area contributed by atoms with Crippen molar-refractivity contribution in [2.45, 2.75) is 65.1 Å². The van der Waals surface area contributed by atoms with Gasteiger partial charge in [0.2, 0.25) is 0 Å². The number of rotatable bonds is 3. The second-order valence-corrected chi connectivity index (χ2v) is 14.4. The predicted molar refractivity (Wildman–Crippen MR) is 218 cm³/mol. The van der Waals surface area contributed by atoms with E-state index in [1.807, 2.05) is 72.8 Å². The summed E-state index contributed by atoms with van der Waals surface area (Å²) in [5.41, 5.74) is 12.2. The summed E-state index contributed by atoms with van der Waals surface area (Å²) in [6.45, 7) is 3.90. The van der Waals surface area contributed by atoms with Gasteiger partial charge in [-0.25, -0.2) is 9.97 Å². The summed E-state index contributed by atoms with van der Waals surface area (Å²) in [6.07, 6.45) is 5.61. The first kappa shape index (κ1) is 38.5. The number of ketones is 1. The smallest absolute Gasteiger partial charge is 0.141 e. The number of aromatic amines is 2. The molecule has 0 radical (unpaired) electrons. The zero-order valence-corrected chi connectivity index (χ0v) is 31.1. The molecule has 4 aliphatic rings. The Hall–Kier alpha value is -4.24. The van der Waals surface area contributed by atoms with Crippen LogP contribution in [0.2, 0.25) is 10.0 Å². The highest BCUT2D eigenvalue weighted by Gasteiger charge is 2.30. The van der Waals surface area contributed by atoms with E-state index in [0.717, 1.165) is 90.4 Å². The van der Waals surface area contributed by atoms with E-state index in [9.17, 15) is 4.79 Å². The lowest BCUT2D eigenvalue weighted by Crippen LogP contribution is -2.39. The van der Waals surface area contributed by atoms with Crippen LogP contribution in [0.15, 0.2) is 97.1 Å². The van der Waals surface area contributed by atoms with Crippen LogP contribution in [-0.2, 0) is 56.4 Å². The number of aromatic nitrogens is 4. The van der Waals surface area contributed by atoms with Gasteiger partial charge in [0.1, 0.15) is 17.4 Å². The molecule has 0 unspecified atom stereocenters. The molecule has 2 aromatic heterocycles. The zero-order chi connectivity index (χ0) is 34.7. The standard InChI is InChI=1S/C21H20ClN3.C12H12ClN3.C9H8O.CH4.ClH/c22-18-8-4-3-7-17(18)21-23-19-9-10-25(13-20(19)24-21)16-11-14-5-1-2-6-15(14)12-16;13-9-4-2-1-3-8(9)12-15-10-5-6-14-7-11(10)16-12;10-9-5-7-3-1-2-4-8(7)6-9;;/h1-8,16H,9-13H2,(H,23,24);1-4,14H,5-7H2,(H,15,16);1-4H,5-6H2;1H4;1H. The monoisotopic (exact) mass is 766 g/mol. The third kappa shape index (κ3) is 8.61. The van der Waals surface area contributed by atoms with Crippen LogP contribution in [-0.4, -0.2) is 49.8 Å². The van der Waals surface area contributed by atoms with Crippen LogP contribution in [0.1, 0.15) is 52.5 Å². The van der Waals surface area contributed by atoms with Crippen LogP contribution in [0.5, 0.6) is 0 Å². The topological polar surface area (TPSA) is 89.7 Å². The van der Waals surface area contributed by atoms with Crippen LogP contribution >= 0.6 is 35.6 Å². The van der Waals surface area contributed by atoms with Crippen LogP contribution in [0, 0.1) is 0 Å². The summed E-state index contributed by atoms with van der Waals surface area (Å²) < 4.78 is 0. The van der Waals surface area contributed by atoms with E-state index in [0.29, 0.717) is 24.7 Å². The van der Waals surface area contributed by atoms with Crippen LogP contribution in [0.4, 0.5) is 0 Å². The maximum atomic E-state index is 10.9. The minimum Gasteiger partial charge on any atom is -0.341 e. The van der Waals surface area contributed by atoms with Gasteiger partial charge in [-0.15, -0.1) is 12.4 Å². The molecule has 0 amide bonds. The fraction of sp³-hybridized carbons (Fsp3) is 0.279. The molecule has 274 valence electrons. The third-order valence-electron chi connectivity index (χ3n) is 10.3. The lowest BCUT2D eigenvalue weighted by atomic mass is 10.1. The first-order chi connectivity index (χ1) is 25.0. The van der Waals surface area contributed by atoms with Gasteiger partial charge < -0.3 is 15.3 Å². The van der Waals surface area contributed by atoms with Gasteiger partial charge >= 0.3 is 0 Å². The molecule has 0 bridgehead atoms. The van der Waals surface area contributed by atoms with Crippen molar-refractivity contribution in [2.75, 3.05) is 13.1 Å². The van der Waals surface area contributed by atoms with Gasteiger partial charge in [-0.1, -0.05) is 103 Å². The Morgan fingerprint density at radius 3 is 1.68 bits per heavy atom. The molecule has 4 heterocycles. The molecule has 0 atom stereocenters. The van der Waals surface area contributed by atoms with E-state index in [1.54, 1.807) is 0 Å². The number of nitrogens with zero attached hydrogens (tertiary/aromatic N) is 3. The van der Waals surface area contributed by atoms with Crippen molar-refractivity contribution in [3.05, 3.63) is 152 Å². The van der Waals surface area contributed by atoms with Gasteiger partial charge in [-0.2, -0.15) is 0 Å². The van der Waals surface area contributed by atoms with Crippen LogP contribution in [0.3, 0.4) is 0 Å². The fourth-order valence-electron chi connectivity index (χ4n) is 7.59. The largest absolute Gasteiger partial charge is 0.341 e. The number of halogens is 3. The van der Waals surface area contributed by atoms with Crippen LogP contribution in [0.25, 0.3) is 22.8 Å². The average molecular weight is 768 g/mol. The van der Waals surface area contributed by atoms with Crippen molar-refractivity contribution in [3.63, 3.8) is 0 Å². The van der Waals surface area contributed by atoms with Crippen molar-refractivity contribution in [1.82, 2.24) is 30.2 Å². The highest BCUT2D eigenvalue weighted by atomic mass is 35.5. The second kappa shape index (κ2) is 17.3. The number of nitrogens with one attached hydrogen (secondary N) is 3. The fourth-order valence-corrected chi connectivity index (χ4v) is 8.04. The van der Waals surface area contributed by atoms with Gasteiger partial charge in [-0.05, 0) is 59.4 Å². The molecule has 7 nitrogen and oxygen atoms in total. The number of carbonyl (C=O) groups excluding carboxylic acids is 1. The highest BCUT2D eigenvalue weighted by Crippen LogP contribution is 2.32. The number of benzene rings is 4. The van der Waals surface area contributed by atoms with Gasteiger partial charge in [0, 0.05) is 69.0 Å². The average Bonchev–Trinajstić information content (AvgIpc) is 3.95. The van der Waals surface area contributed by atoms with Crippen LogP contribution < -0.4 is 5.32 Å². The molecule has 3 N–H and O–H groups in total. The summed E-state index contributed by atoms with van der Waals surface area (Å²) in [7, 11) is 0. The molecule has 10 rings (SSSR count). The van der Waals surface area contributed by atoms with E-state index in [-0.39, 0.29) is 19.8 Å². The highest BCUT2D eigenvalue weighted by molar-refractivity contribution is 6.33. The quantitative estimate of drug-likeness (QED) is 0.167. The van der Waals surface area contributed by atoms with Gasteiger partial charge in [-0.3, -0.25) is 9.69 Å². The summed E-state index contributed by atoms with van der Waals surface area (Å²) >= 11 is 12.5. The van der Waals surface area contributed by atoms with E-state index >= 15 is 0 Å². The molecule has 6 aromatic rings. The molecule has 0 saturated carbocycles. The first-order valence-corrected chi connectivity index (χ1v) is 18.5. The molecule has 10 heteroatoms. The van der Waals surface area contributed by atoms with Gasteiger partial charge in [0.05, 0.1) is 32.8 Å². The Balaban J connectivity index is 0.000000147. The number of imidazole rings is 2. The number of carbonyl (C=O) groups is 1. The lowest BCUT2D eigenvalue weighted by Gasteiger charge is -2.31.